The molecule has 1 aromatic carbocycles. The Morgan fingerprint density at radius 2 is 1.28 bits per heavy atom. The molecule has 1 rings (SSSR count). The third-order valence-electron chi connectivity index (χ3n) is 5.15. The van der Waals surface area contributed by atoms with Crippen molar-refractivity contribution in [3.8, 4) is 17.2 Å². The van der Waals surface area contributed by atoms with Crippen molar-refractivity contribution in [1.82, 2.24) is 0 Å². The first-order valence-corrected chi connectivity index (χ1v) is 11.6. The minimum atomic E-state index is -0.969. The standard InChI is InChI=1S/C25H38O6.K.H/c1-2-3-4-5-6-7-8-9-10-11-12-13-14-15-16-17-23(28)31-25(30)20-18-21(26)24(29)22(27)19-20;;/h9-10,18-19,26-27,29H,2-8,11-17H2,1H3;;/q;+1;-1/b10-9-;;. The fourth-order valence-electron chi connectivity index (χ4n) is 3.28. The van der Waals surface area contributed by atoms with Crippen LogP contribution < -0.4 is 51.4 Å². The largest absolute Gasteiger partial charge is 1.00 e. The Morgan fingerprint density at radius 1 is 0.812 bits per heavy atom. The summed E-state index contributed by atoms with van der Waals surface area (Å²) in [5.74, 6) is -3.65. The van der Waals surface area contributed by atoms with E-state index in [4.69, 9.17) is 4.74 Å². The van der Waals surface area contributed by atoms with Gasteiger partial charge in [-0.3, -0.25) is 4.79 Å². The third-order valence-corrected chi connectivity index (χ3v) is 5.15. The second kappa shape index (κ2) is 19.6. The minimum absolute atomic E-state index is 0. The molecule has 0 unspecified atom stereocenters. The zero-order chi connectivity index (χ0) is 22.9. The summed E-state index contributed by atoms with van der Waals surface area (Å²) < 4.78 is 4.71. The number of ether oxygens (including phenoxy) is 1. The zero-order valence-electron chi connectivity index (χ0n) is 20.8. The van der Waals surface area contributed by atoms with Gasteiger partial charge < -0.3 is 21.5 Å². The number of hydrogen-bond donors (Lipinski definition) is 3. The number of unbranched alkanes of at least 4 members (excludes halogenated alkanes) is 11. The number of carbonyl (C=O) groups is 2. The van der Waals surface area contributed by atoms with Crippen LogP contribution >= 0.6 is 0 Å². The number of carbonyl (C=O) groups excluding carboxylic acids is 2. The normalized spacial score (nSPS) is 10.8. The Bertz CT molecular complexity index is 685. The molecule has 0 aliphatic heterocycles. The summed E-state index contributed by atoms with van der Waals surface area (Å²) in [5.41, 5.74) is -0.203. The average molecular weight is 475 g/mol. The van der Waals surface area contributed by atoms with Gasteiger partial charge in [0.15, 0.2) is 17.2 Å². The van der Waals surface area contributed by atoms with Gasteiger partial charge >= 0.3 is 63.3 Å². The zero-order valence-corrected chi connectivity index (χ0v) is 22.9. The molecule has 0 aliphatic carbocycles. The summed E-state index contributed by atoms with van der Waals surface area (Å²) in [6.07, 6.45) is 19.8. The van der Waals surface area contributed by atoms with Gasteiger partial charge in [0.25, 0.3) is 0 Å². The van der Waals surface area contributed by atoms with Gasteiger partial charge in [0.05, 0.1) is 5.56 Å². The molecule has 0 heterocycles. The predicted molar refractivity (Wildman–Crippen MR) is 122 cm³/mol. The van der Waals surface area contributed by atoms with E-state index in [1.807, 2.05) is 0 Å². The fourth-order valence-corrected chi connectivity index (χ4v) is 3.28. The fraction of sp³-hybridized carbons (Fsp3) is 0.600. The topological polar surface area (TPSA) is 104 Å². The molecule has 1 aromatic rings. The van der Waals surface area contributed by atoms with Crippen LogP contribution in [0.3, 0.4) is 0 Å². The molecule has 0 saturated heterocycles. The second-order valence-electron chi connectivity index (χ2n) is 7.96. The molecule has 0 aromatic heterocycles. The smallest absolute Gasteiger partial charge is 1.00 e. The van der Waals surface area contributed by atoms with Crippen LogP contribution in [0.2, 0.25) is 0 Å². The van der Waals surface area contributed by atoms with Crippen molar-refractivity contribution in [3.05, 3.63) is 29.8 Å². The van der Waals surface area contributed by atoms with E-state index in [9.17, 15) is 24.9 Å². The summed E-state index contributed by atoms with van der Waals surface area (Å²) in [4.78, 5) is 23.6. The van der Waals surface area contributed by atoms with Crippen LogP contribution in [-0.2, 0) is 9.53 Å². The van der Waals surface area contributed by atoms with Crippen LogP contribution in [0.4, 0.5) is 0 Å². The van der Waals surface area contributed by atoms with Gasteiger partial charge in [-0.1, -0.05) is 70.4 Å². The first-order chi connectivity index (χ1) is 15.0. The molecular weight excluding hydrogens is 435 g/mol. The first kappa shape index (κ1) is 31.1. The Hall–Kier alpha value is -0.864. The number of aromatic hydroxyl groups is 3. The molecule has 0 bridgehead atoms. The molecule has 0 spiro atoms. The van der Waals surface area contributed by atoms with Gasteiger partial charge in [-0.2, -0.15) is 0 Å². The van der Waals surface area contributed by atoms with Gasteiger partial charge in [-0.15, -0.1) is 0 Å². The first-order valence-electron chi connectivity index (χ1n) is 11.6. The summed E-state index contributed by atoms with van der Waals surface area (Å²) in [7, 11) is 0. The molecule has 6 nitrogen and oxygen atoms in total. The summed E-state index contributed by atoms with van der Waals surface area (Å²) in [6, 6.07) is 1.87. The van der Waals surface area contributed by atoms with E-state index in [-0.39, 0.29) is 64.8 Å². The van der Waals surface area contributed by atoms with Gasteiger partial charge in [-0.05, 0) is 44.2 Å². The summed E-state index contributed by atoms with van der Waals surface area (Å²) >= 11 is 0. The molecule has 3 N–H and O–H groups in total. The predicted octanol–water partition coefficient (Wildman–Crippen LogP) is 3.64. The van der Waals surface area contributed by atoms with Crippen LogP contribution in [0.1, 0.15) is 109 Å². The van der Waals surface area contributed by atoms with Crippen molar-refractivity contribution in [1.29, 1.82) is 0 Å². The molecule has 0 aliphatic rings. The van der Waals surface area contributed by atoms with E-state index in [1.54, 1.807) is 0 Å². The van der Waals surface area contributed by atoms with E-state index in [0.29, 0.717) is 6.42 Å². The molecular formula is C25H39KO6. The molecule has 0 radical (unpaired) electrons. The van der Waals surface area contributed by atoms with E-state index >= 15 is 0 Å². The SMILES string of the molecule is CCCCCCCC/C=C\CCCCCCCC(=O)OC(=O)c1cc(O)c(O)c(O)c1.[H-].[K+]. The van der Waals surface area contributed by atoms with E-state index in [0.717, 1.165) is 44.2 Å². The maximum atomic E-state index is 11.9. The maximum absolute atomic E-state index is 11.9. The van der Waals surface area contributed by atoms with Gasteiger partial charge in [0.1, 0.15) is 0 Å². The maximum Gasteiger partial charge on any atom is 1.00 e. The van der Waals surface area contributed by atoms with Crippen LogP contribution in [0.25, 0.3) is 0 Å². The van der Waals surface area contributed by atoms with Gasteiger partial charge in [0, 0.05) is 6.42 Å². The number of rotatable bonds is 16. The van der Waals surface area contributed by atoms with Crippen LogP contribution in [0, 0.1) is 0 Å². The minimum Gasteiger partial charge on any atom is -1.00 e. The van der Waals surface area contributed by atoms with E-state index in [1.165, 1.54) is 44.9 Å². The third kappa shape index (κ3) is 14.3. The molecule has 32 heavy (non-hydrogen) atoms. The summed E-state index contributed by atoms with van der Waals surface area (Å²) in [6.45, 7) is 2.24. The second-order valence-corrected chi connectivity index (χ2v) is 7.96. The van der Waals surface area contributed by atoms with Crippen molar-refractivity contribution in [3.63, 3.8) is 0 Å². The number of hydrogen-bond acceptors (Lipinski definition) is 6. The van der Waals surface area contributed by atoms with Gasteiger partial charge in [-0.25, -0.2) is 4.79 Å². The van der Waals surface area contributed by atoms with Crippen LogP contribution in [0.15, 0.2) is 24.3 Å². The van der Waals surface area contributed by atoms with Crippen LogP contribution in [0.5, 0.6) is 17.2 Å². The van der Waals surface area contributed by atoms with Crippen molar-refractivity contribution in [2.75, 3.05) is 0 Å². The van der Waals surface area contributed by atoms with E-state index < -0.39 is 29.2 Å². The summed E-state index contributed by atoms with van der Waals surface area (Å²) in [5, 5.41) is 28.1. The molecule has 0 fully saturated rings. The van der Waals surface area contributed by atoms with Crippen LogP contribution in [-0.4, -0.2) is 27.3 Å². The van der Waals surface area contributed by atoms with Crippen molar-refractivity contribution in [2.45, 2.75) is 96.8 Å². The Kier molecular flexibility index (Phi) is 19.1. The number of esters is 2. The Labute approximate surface area is 236 Å². The average Bonchev–Trinajstić information content (AvgIpc) is 2.74. The van der Waals surface area contributed by atoms with Crippen molar-refractivity contribution >= 4 is 11.9 Å². The molecule has 0 atom stereocenters. The van der Waals surface area contributed by atoms with Crippen molar-refractivity contribution in [2.24, 2.45) is 0 Å². The molecule has 0 amide bonds. The van der Waals surface area contributed by atoms with E-state index in [2.05, 4.69) is 19.1 Å². The monoisotopic (exact) mass is 474 g/mol. The number of phenolic OH excluding ortho intramolecular Hbond substituents is 3. The molecule has 0 saturated carbocycles. The number of benzene rings is 1. The van der Waals surface area contributed by atoms with Crippen molar-refractivity contribution < 1.29 is 82.5 Å². The quantitative estimate of drug-likeness (QED) is 0.0844. The number of allylic oxidation sites excluding steroid dienone is 2. The number of phenols is 3. The van der Waals surface area contributed by atoms with Gasteiger partial charge in [0.2, 0.25) is 0 Å². The Balaban J connectivity index is 0. The Morgan fingerprint density at radius 3 is 1.81 bits per heavy atom. The molecule has 176 valence electrons. The molecule has 7 heteroatoms.